The lowest BCUT2D eigenvalue weighted by molar-refractivity contribution is -0.144. The molecule has 0 saturated carbocycles. The number of hydrogen-bond acceptors (Lipinski definition) is 4. The Balaban J connectivity index is 1.92. The van der Waals surface area contributed by atoms with Crippen molar-refractivity contribution in [2.75, 3.05) is 20.2 Å². The molecule has 4 nitrogen and oxygen atoms in total. The molecule has 1 unspecified atom stereocenters. The minimum atomic E-state index is -0.0973. The van der Waals surface area contributed by atoms with Gasteiger partial charge in [-0.05, 0) is 40.5 Å². The van der Waals surface area contributed by atoms with Gasteiger partial charge in [-0.15, -0.1) is 0 Å². The molecule has 0 bridgehead atoms. The summed E-state index contributed by atoms with van der Waals surface area (Å²) in [6.45, 7) is 2.55. The van der Waals surface area contributed by atoms with Crippen molar-refractivity contribution in [2.45, 2.75) is 13.0 Å². The van der Waals surface area contributed by atoms with E-state index < -0.39 is 0 Å². The maximum atomic E-state index is 11.4. The van der Waals surface area contributed by atoms with Crippen molar-refractivity contribution >= 4 is 21.9 Å². The molecule has 1 aliphatic heterocycles. The second kappa shape index (κ2) is 5.60. The maximum Gasteiger partial charge on any atom is 0.310 e. The number of nitrogens with zero attached hydrogens (tertiary/aromatic N) is 2. The lowest BCUT2D eigenvalue weighted by Gasteiger charge is -2.15. The van der Waals surface area contributed by atoms with Gasteiger partial charge in [-0.3, -0.25) is 14.7 Å². The van der Waals surface area contributed by atoms with Gasteiger partial charge in [0.1, 0.15) is 0 Å². The average molecular weight is 299 g/mol. The van der Waals surface area contributed by atoms with Crippen molar-refractivity contribution in [3.05, 3.63) is 28.5 Å². The smallest absolute Gasteiger partial charge is 0.310 e. The van der Waals surface area contributed by atoms with Gasteiger partial charge in [-0.25, -0.2) is 0 Å². The molecule has 1 saturated heterocycles. The molecule has 2 rings (SSSR count). The molecule has 1 aliphatic rings. The molecule has 0 radical (unpaired) electrons. The van der Waals surface area contributed by atoms with Gasteiger partial charge < -0.3 is 4.74 Å². The Bertz CT molecular complexity index is 411. The Morgan fingerprint density at radius 2 is 2.47 bits per heavy atom. The fraction of sp³-hybridized carbons (Fsp3) is 0.500. The number of aromatic nitrogens is 1. The fourth-order valence-electron chi connectivity index (χ4n) is 2.14. The first kappa shape index (κ1) is 12.5. The van der Waals surface area contributed by atoms with E-state index in [9.17, 15) is 4.79 Å². The Morgan fingerprint density at radius 3 is 3.18 bits per heavy atom. The summed E-state index contributed by atoms with van der Waals surface area (Å²) in [4.78, 5) is 17.8. The van der Waals surface area contributed by atoms with E-state index >= 15 is 0 Å². The molecule has 1 atom stereocenters. The van der Waals surface area contributed by atoms with Gasteiger partial charge in [0, 0.05) is 30.0 Å². The third-order valence-corrected chi connectivity index (χ3v) is 3.41. The average Bonchev–Trinajstić information content (AvgIpc) is 2.76. The van der Waals surface area contributed by atoms with E-state index in [1.54, 1.807) is 6.20 Å². The van der Waals surface area contributed by atoms with Gasteiger partial charge in [0.15, 0.2) is 0 Å². The van der Waals surface area contributed by atoms with Crippen LogP contribution in [0.5, 0.6) is 0 Å². The number of carbonyl (C=O) groups excluding carboxylic acids is 1. The highest BCUT2D eigenvalue weighted by molar-refractivity contribution is 9.10. The maximum absolute atomic E-state index is 11.4. The summed E-state index contributed by atoms with van der Waals surface area (Å²) >= 11 is 3.40. The second-order valence-electron chi connectivity index (χ2n) is 4.26. The van der Waals surface area contributed by atoms with Crippen LogP contribution in [0.15, 0.2) is 22.9 Å². The number of carbonyl (C=O) groups is 1. The first-order valence-electron chi connectivity index (χ1n) is 5.58. The van der Waals surface area contributed by atoms with Gasteiger partial charge in [-0.1, -0.05) is 0 Å². The molecule has 92 valence electrons. The van der Waals surface area contributed by atoms with Crippen LogP contribution in [0.25, 0.3) is 0 Å². The van der Waals surface area contributed by atoms with E-state index in [2.05, 4.69) is 31.9 Å². The highest BCUT2D eigenvalue weighted by Gasteiger charge is 2.28. The highest BCUT2D eigenvalue weighted by atomic mass is 79.9. The third kappa shape index (κ3) is 3.26. The van der Waals surface area contributed by atoms with Crippen LogP contribution < -0.4 is 0 Å². The number of rotatable bonds is 3. The van der Waals surface area contributed by atoms with Crippen LogP contribution in [0.1, 0.15) is 12.0 Å². The zero-order valence-corrected chi connectivity index (χ0v) is 11.3. The van der Waals surface area contributed by atoms with Crippen LogP contribution >= 0.6 is 15.9 Å². The molecule has 0 N–H and O–H groups in total. The number of halogens is 1. The van der Waals surface area contributed by atoms with Crippen LogP contribution in [0, 0.1) is 5.92 Å². The van der Waals surface area contributed by atoms with E-state index in [1.165, 1.54) is 7.11 Å². The van der Waals surface area contributed by atoms with Crippen LogP contribution in [0.2, 0.25) is 0 Å². The standard InChI is InChI=1S/C12H15BrN2O2/c1-17-12(16)10-2-3-15(8-10)7-9-4-11(13)6-14-5-9/h4-6,10H,2-3,7-8H2,1H3. The summed E-state index contributed by atoms with van der Waals surface area (Å²) in [6, 6.07) is 2.05. The summed E-state index contributed by atoms with van der Waals surface area (Å²) in [5, 5.41) is 0. The predicted octanol–water partition coefficient (Wildman–Crippen LogP) is 1.84. The van der Waals surface area contributed by atoms with Crippen LogP contribution in [-0.4, -0.2) is 36.1 Å². The van der Waals surface area contributed by atoms with Crippen molar-refractivity contribution < 1.29 is 9.53 Å². The number of methoxy groups -OCH3 is 1. The van der Waals surface area contributed by atoms with Crippen molar-refractivity contribution in [3.63, 3.8) is 0 Å². The summed E-state index contributed by atoms with van der Waals surface area (Å²) < 4.78 is 5.75. The summed E-state index contributed by atoms with van der Waals surface area (Å²) in [7, 11) is 1.45. The number of hydrogen-bond donors (Lipinski definition) is 0. The molecular formula is C12H15BrN2O2. The van der Waals surface area contributed by atoms with Crippen molar-refractivity contribution in [2.24, 2.45) is 5.92 Å². The van der Waals surface area contributed by atoms with Crippen molar-refractivity contribution in [1.29, 1.82) is 0 Å². The van der Waals surface area contributed by atoms with Crippen molar-refractivity contribution in [3.8, 4) is 0 Å². The minimum Gasteiger partial charge on any atom is -0.469 e. The Labute approximate surface area is 109 Å². The van der Waals surface area contributed by atoms with Crippen molar-refractivity contribution in [1.82, 2.24) is 9.88 Å². The van der Waals surface area contributed by atoms with Gasteiger partial charge in [-0.2, -0.15) is 0 Å². The molecule has 0 aliphatic carbocycles. The normalized spacial score (nSPS) is 20.5. The third-order valence-electron chi connectivity index (χ3n) is 2.97. The molecule has 1 aromatic heterocycles. The Hall–Kier alpha value is -0.940. The largest absolute Gasteiger partial charge is 0.469 e. The Kier molecular flexibility index (Phi) is 4.12. The van der Waals surface area contributed by atoms with Gasteiger partial charge in [0.05, 0.1) is 13.0 Å². The molecule has 17 heavy (non-hydrogen) atoms. The molecule has 5 heteroatoms. The predicted molar refractivity (Wildman–Crippen MR) is 67.3 cm³/mol. The summed E-state index contributed by atoms with van der Waals surface area (Å²) in [5.41, 5.74) is 1.16. The molecule has 1 fully saturated rings. The molecule has 0 spiro atoms. The van der Waals surface area contributed by atoms with Gasteiger partial charge in [0.2, 0.25) is 0 Å². The molecule has 2 heterocycles. The molecule has 0 amide bonds. The monoisotopic (exact) mass is 298 g/mol. The van der Waals surface area contributed by atoms with E-state index in [1.807, 2.05) is 6.20 Å². The van der Waals surface area contributed by atoms with E-state index in [-0.39, 0.29) is 11.9 Å². The number of likely N-dealkylation sites (tertiary alicyclic amines) is 1. The fourth-order valence-corrected chi connectivity index (χ4v) is 2.55. The summed E-state index contributed by atoms with van der Waals surface area (Å²) in [5.74, 6) is -0.0695. The topological polar surface area (TPSA) is 42.4 Å². The lowest BCUT2D eigenvalue weighted by atomic mass is 10.1. The quantitative estimate of drug-likeness (QED) is 0.799. The lowest BCUT2D eigenvalue weighted by Crippen LogP contribution is -2.23. The zero-order chi connectivity index (χ0) is 12.3. The second-order valence-corrected chi connectivity index (χ2v) is 5.17. The number of esters is 1. The number of pyridine rings is 1. The van der Waals surface area contributed by atoms with Gasteiger partial charge >= 0.3 is 5.97 Å². The SMILES string of the molecule is COC(=O)C1CCN(Cc2cncc(Br)c2)C1. The van der Waals surface area contributed by atoms with E-state index in [4.69, 9.17) is 4.74 Å². The molecular weight excluding hydrogens is 284 g/mol. The summed E-state index contributed by atoms with van der Waals surface area (Å²) in [6.07, 6.45) is 4.51. The first-order valence-corrected chi connectivity index (χ1v) is 6.38. The molecule has 1 aromatic rings. The first-order chi connectivity index (χ1) is 8.19. The Morgan fingerprint density at radius 1 is 1.65 bits per heavy atom. The van der Waals surface area contributed by atoms with E-state index in [0.29, 0.717) is 0 Å². The number of ether oxygens (including phenoxy) is 1. The van der Waals surface area contributed by atoms with Crippen LogP contribution in [0.3, 0.4) is 0 Å². The minimum absolute atomic E-state index is 0.0279. The van der Waals surface area contributed by atoms with E-state index in [0.717, 1.165) is 36.1 Å². The van der Waals surface area contributed by atoms with Crippen LogP contribution in [-0.2, 0) is 16.1 Å². The van der Waals surface area contributed by atoms with Gasteiger partial charge in [0.25, 0.3) is 0 Å². The van der Waals surface area contributed by atoms with Crippen LogP contribution in [0.4, 0.5) is 0 Å². The zero-order valence-electron chi connectivity index (χ0n) is 9.73. The highest BCUT2D eigenvalue weighted by Crippen LogP contribution is 2.20. The molecule has 0 aromatic carbocycles.